The summed E-state index contributed by atoms with van der Waals surface area (Å²) in [7, 11) is 0. The third-order valence-corrected chi connectivity index (χ3v) is 2.15. The topological polar surface area (TPSA) is 92.5 Å². The molecule has 0 saturated heterocycles. The molecule has 4 heteroatoms. The van der Waals surface area contributed by atoms with Crippen LogP contribution in [0, 0.1) is 0 Å². The molecule has 0 aromatic heterocycles. The van der Waals surface area contributed by atoms with Gasteiger partial charge in [-0.1, -0.05) is 6.07 Å². The van der Waals surface area contributed by atoms with Gasteiger partial charge in [0.15, 0.2) is 11.5 Å². The molecule has 0 aliphatic heterocycles. The van der Waals surface area contributed by atoms with Crippen molar-refractivity contribution in [2.45, 2.75) is 18.9 Å². The molecule has 4 nitrogen and oxygen atoms in total. The van der Waals surface area contributed by atoms with Crippen LogP contribution in [0.25, 0.3) is 0 Å². The van der Waals surface area contributed by atoms with Crippen molar-refractivity contribution < 1.29 is 10.2 Å². The van der Waals surface area contributed by atoms with Gasteiger partial charge < -0.3 is 21.7 Å². The zero-order valence-electron chi connectivity index (χ0n) is 7.98. The molecule has 0 aliphatic carbocycles. The van der Waals surface area contributed by atoms with E-state index in [1.807, 2.05) is 0 Å². The Kier molecular flexibility index (Phi) is 3.73. The third-order valence-electron chi connectivity index (χ3n) is 2.15. The summed E-state index contributed by atoms with van der Waals surface area (Å²) in [5.41, 5.74) is 12.0. The number of benzene rings is 1. The second kappa shape index (κ2) is 4.83. The van der Waals surface area contributed by atoms with Gasteiger partial charge in [-0.2, -0.15) is 0 Å². The van der Waals surface area contributed by atoms with Crippen molar-refractivity contribution in [3.8, 4) is 11.5 Å². The van der Waals surface area contributed by atoms with Crippen LogP contribution >= 0.6 is 0 Å². The normalized spacial score (nSPS) is 12.7. The number of nitrogens with two attached hydrogens (primary N) is 2. The largest absolute Gasteiger partial charge is 0.504 e. The smallest absolute Gasteiger partial charge is 0.157 e. The highest BCUT2D eigenvalue weighted by Gasteiger charge is 2.07. The van der Waals surface area contributed by atoms with E-state index in [4.69, 9.17) is 16.6 Å². The standard InChI is InChI=1S/C10H16N2O2/c11-5-1-2-8(12)7-3-4-9(13)10(14)6-7/h3-4,6,8,13-14H,1-2,5,11-12H2/t8-/m1/s1. The average Bonchev–Trinajstić information content (AvgIpc) is 2.18. The molecule has 1 aromatic carbocycles. The Morgan fingerprint density at radius 2 is 1.93 bits per heavy atom. The van der Waals surface area contributed by atoms with E-state index < -0.39 is 0 Å². The van der Waals surface area contributed by atoms with Crippen LogP contribution < -0.4 is 11.5 Å². The van der Waals surface area contributed by atoms with E-state index in [2.05, 4.69) is 0 Å². The molecule has 6 N–H and O–H groups in total. The molecular formula is C10H16N2O2. The zero-order valence-corrected chi connectivity index (χ0v) is 7.98. The van der Waals surface area contributed by atoms with Crippen LogP contribution in [0.4, 0.5) is 0 Å². The van der Waals surface area contributed by atoms with Crippen LogP contribution in [0.2, 0.25) is 0 Å². The number of phenols is 2. The van der Waals surface area contributed by atoms with Gasteiger partial charge in [0.05, 0.1) is 0 Å². The summed E-state index contributed by atoms with van der Waals surface area (Å²) < 4.78 is 0. The van der Waals surface area contributed by atoms with Gasteiger partial charge in [0.1, 0.15) is 0 Å². The van der Waals surface area contributed by atoms with Crippen molar-refractivity contribution in [3.63, 3.8) is 0 Å². The second-order valence-corrected chi connectivity index (χ2v) is 3.29. The van der Waals surface area contributed by atoms with Gasteiger partial charge in [-0.25, -0.2) is 0 Å². The maximum atomic E-state index is 9.24. The molecule has 0 bridgehead atoms. The molecule has 0 amide bonds. The molecule has 0 heterocycles. The van der Waals surface area contributed by atoms with Crippen molar-refractivity contribution >= 4 is 0 Å². The van der Waals surface area contributed by atoms with Gasteiger partial charge in [-0.05, 0) is 37.1 Å². The summed E-state index contributed by atoms with van der Waals surface area (Å²) in [4.78, 5) is 0. The monoisotopic (exact) mass is 196 g/mol. The lowest BCUT2D eigenvalue weighted by atomic mass is 10.0. The molecule has 0 saturated carbocycles. The SMILES string of the molecule is NCCC[C@@H](N)c1ccc(O)c(O)c1. The Labute approximate surface area is 83.2 Å². The van der Waals surface area contributed by atoms with E-state index in [1.54, 1.807) is 6.07 Å². The Hall–Kier alpha value is -1.26. The molecular weight excluding hydrogens is 180 g/mol. The van der Waals surface area contributed by atoms with Crippen LogP contribution in [0.15, 0.2) is 18.2 Å². The summed E-state index contributed by atoms with van der Waals surface area (Å²) in [5.74, 6) is -0.259. The molecule has 1 aromatic rings. The Morgan fingerprint density at radius 1 is 1.21 bits per heavy atom. The highest BCUT2D eigenvalue weighted by Crippen LogP contribution is 2.28. The van der Waals surface area contributed by atoms with Crippen LogP contribution in [0.5, 0.6) is 11.5 Å². The fourth-order valence-electron chi connectivity index (χ4n) is 1.28. The maximum absolute atomic E-state index is 9.24. The summed E-state index contributed by atoms with van der Waals surface area (Å²) in [6, 6.07) is 4.49. The van der Waals surface area contributed by atoms with E-state index in [9.17, 15) is 5.11 Å². The van der Waals surface area contributed by atoms with Gasteiger partial charge in [-0.15, -0.1) is 0 Å². The Morgan fingerprint density at radius 3 is 2.50 bits per heavy atom. The van der Waals surface area contributed by atoms with E-state index in [0.29, 0.717) is 6.54 Å². The Bertz CT molecular complexity index is 302. The molecule has 0 radical (unpaired) electrons. The fraction of sp³-hybridized carbons (Fsp3) is 0.400. The van der Waals surface area contributed by atoms with E-state index >= 15 is 0 Å². The summed E-state index contributed by atoms with van der Waals surface area (Å²) in [6.07, 6.45) is 1.63. The maximum Gasteiger partial charge on any atom is 0.157 e. The summed E-state index contributed by atoms with van der Waals surface area (Å²) in [6.45, 7) is 0.609. The molecule has 1 atom stereocenters. The molecule has 0 spiro atoms. The Balaban J connectivity index is 2.70. The molecule has 0 aliphatic rings. The first kappa shape index (κ1) is 10.8. The number of hydrogen-bond acceptors (Lipinski definition) is 4. The highest BCUT2D eigenvalue weighted by molar-refractivity contribution is 5.41. The first-order chi connectivity index (χ1) is 6.65. The summed E-state index contributed by atoms with van der Waals surface area (Å²) >= 11 is 0. The third kappa shape index (κ3) is 2.61. The lowest BCUT2D eigenvalue weighted by Crippen LogP contribution is -2.12. The highest BCUT2D eigenvalue weighted by atomic mass is 16.3. The van der Waals surface area contributed by atoms with Gasteiger partial charge >= 0.3 is 0 Å². The van der Waals surface area contributed by atoms with Crippen molar-refractivity contribution in [1.82, 2.24) is 0 Å². The predicted molar refractivity (Wildman–Crippen MR) is 55.0 cm³/mol. The zero-order chi connectivity index (χ0) is 10.6. The van der Waals surface area contributed by atoms with Crippen LogP contribution in [-0.2, 0) is 0 Å². The van der Waals surface area contributed by atoms with Crippen molar-refractivity contribution in [2.75, 3.05) is 6.54 Å². The minimum absolute atomic E-state index is 0.125. The van der Waals surface area contributed by atoms with Crippen molar-refractivity contribution in [3.05, 3.63) is 23.8 Å². The predicted octanol–water partition coefficient (Wildman–Crippen LogP) is 0.837. The van der Waals surface area contributed by atoms with Crippen molar-refractivity contribution in [1.29, 1.82) is 0 Å². The molecule has 0 unspecified atom stereocenters. The van der Waals surface area contributed by atoms with Crippen LogP contribution in [0.1, 0.15) is 24.4 Å². The summed E-state index contributed by atoms with van der Waals surface area (Å²) in [5, 5.41) is 18.3. The number of phenolic OH excluding ortho intramolecular Hbond substituents is 2. The van der Waals surface area contributed by atoms with E-state index in [0.717, 1.165) is 18.4 Å². The van der Waals surface area contributed by atoms with Crippen molar-refractivity contribution in [2.24, 2.45) is 11.5 Å². The minimum Gasteiger partial charge on any atom is -0.504 e. The van der Waals surface area contributed by atoms with Gasteiger partial charge in [0, 0.05) is 6.04 Å². The minimum atomic E-state index is -0.134. The quantitative estimate of drug-likeness (QED) is 0.537. The van der Waals surface area contributed by atoms with Gasteiger partial charge in [0.2, 0.25) is 0 Å². The fourth-order valence-corrected chi connectivity index (χ4v) is 1.28. The molecule has 0 fully saturated rings. The molecule has 78 valence electrons. The molecule has 14 heavy (non-hydrogen) atoms. The first-order valence-corrected chi connectivity index (χ1v) is 4.62. The van der Waals surface area contributed by atoms with Gasteiger partial charge in [0.25, 0.3) is 0 Å². The lowest BCUT2D eigenvalue weighted by Gasteiger charge is -2.11. The number of hydrogen-bond donors (Lipinski definition) is 4. The van der Waals surface area contributed by atoms with Crippen LogP contribution in [0.3, 0.4) is 0 Å². The van der Waals surface area contributed by atoms with E-state index in [-0.39, 0.29) is 17.5 Å². The lowest BCUT2D eigenvalue weighted by molar-refractivity contribution is 0.402. The van der Waals surface area contributed by atoms with Gasteiger partial charge in [-0.3, -0.25) is 0 Å². The van der Waals surface area contributed by atoms with E-state index in [1.165, 1.54) is 12.1 Å². The second-order valence-electron chi connectivity index (χ2n) is 3.29. The number of aromatic hydroxyl groups is 2. The molecule has 1 rings (SSSR count). The first-order valence-electron chi connectivity index (χ1n) is 4.62. The average molecular weight is 196 g/mol. The number of rotatable bonds is 4. The van der Waals surface area contributed by atoms with Crippen LogP contribution in [-0.4, -0.2) is 16.8 Å².